The summed E-state index contributed by atoms with van der Waals surface area (Å²) < 4.78 is 12.4. The van der Waals surface area contributed by atoms with Crippen LogP contribution < -0.4 is 5.73 Å². The smallest absolute Gasteiger partial charge is 0.164 e. The molecule has 1 atom stereocenters. The van der Waals surface area contributed by atoms with Crippen molar-refractivity contribution >= 4 is 17.4 Å². The molecule has 2 N–H and O–H groups in total. The van der Waals surface area contributed by atoms with Crippen LogP contribution in [0.25, 0.3) is 0 Å². The molecule has 1 aliphatic rings. The van der Waals surface area contributed by atoms with Gasteiger partial charge in [0.2, 0.25) is 0 Å². The van der Waals surface area contributed by atoms with E-state index in [1.54, 1.807) is 10.9 Å². The Morgan fingerprint density at radius 3 is 3.07 bits per heavy atom. The van der Waals surface area contributed by atoms with Crippen LogP contribution in [-0.4, -0.2) is 35.7 Å². The summed E-state index contributed by atoms with van der Waals surface area (Å²) in [6.45, 7) is 2.52. The summed E-state index contributed by atoms with van der Waals surface area (Å²) in [4.78, 5) is 0. The molecule has 5 nitrogen and oxygen atoms in total. The predicted octanol–water partition coefficient (Wildman–Crippen LogP) is 0.534. The van der Waals surface area contributed by atoms with Crippen LogP contribution in [0.4, 0.5) is 5.82 Å². The van der Waals surface area contributed by atoms with E-state index < -0.39 is 0 Å². The SMILES string of the molecule is Nc1nn(CC2COCCO2)cc1Cl. The summed E-state index contributed by atoms with van der Waals surface area (Å²) in [5, 5.41) is 4.51. The highest BCUT2D eigenvalue weighted by atomic mass is 35.5. The maximum atomic E-state index is 5.77. The third kappa shape index (κ3) is 2.17. The summed E-state index contributed by atoms with van der Waals surface area (Å²) in [5.41, 5.74) is 5.51. The number of nitrogens with two attached hydrogens (primary N) is 1. The molecular formula is C8H12ClN3O2. The molecule has 0 amide bonds. The summed E-state index contributed by atoms with van der Waals surface area (Å²) in [6.07, 6.45) is 1.73. The number of aromatic nitrogens is 2. The van der Waals surface area contributed by atoms with Gasteiger partial charge in [0.05, 0.1) is 26.4 Å². The molecule has 1 saturated heterocycles. The standard InChI is InChI=1S/C8H12ClN3O2/c9-7-4-12(11-8(7)10)3-6-5-13-1-2-14-6/h4,6H,1-3,5H2,(H2,10,11). The number of hydrogen-bond acceptors (Lipinski definition) is 4. The first-order valence-electron chi connectivity index (χ1n) is 4.43. The summed E-state index contributed by atoms with van der Waals surface area (Å²) >= 11 is 5.77. The van der Waals surface area contributed by atoms with Gasteiger partial charge in [0.1, 0.15) is 11.1 Å². The van der Waals surface area contributed by atoms with E-state index in [0.717, 1.165) is 0 Å². The van der Waals surface area contributed by atoms with E-state index in [1.165, 1.54) is 0 Å². The number of nitrogens with zero attached hydrogens (tertiary/aromatic N) is 2. The molecule has 2 rings (SSSR count). The van der Waals surface area contributed by atoms with Crippen LogP contribution in [0, 0.1) is 0 Å². The van der Waals surface area contributed by atoms with Crippen molar-refractivity contribution in [2.24, 2.45) is 0 Å². The van der Waals surface area contributed by atoms with Crippen LogP contribution in [0.15, 0.2) is 6.20 Å². The number of ether oxygens (including phenoxy) is 2. The van der Waals surface area contributed by atoms with Gasteiger partial charge >= 0.3 is 0 Å². The summed E-state index contributed by atoms with van der Waals surface area (Å²) in [7, 11) is 0. The van der Waals surface area contributed by atoms with Gasteiger partial charge in [0, 0.05) is 6.20 Å². The summed E-state index contributed by atoms with van der Waals surface area (Å²) in [5.74, 6) is 0.350. The van der Waals surface area contributed by atoms with Gasteiger partial charge in [-0.1, -0.05) is 11.6 Å². The van der Waals surface area contributed by atoms with Gasteiger partial charge in [-0.3, -0.25) is 4.68 Å². The van der Waals surface area contributed by atoms with Gasteiger partial charge in [-0.05, 0) is 0 Å². The van der Waals surface area contributed by atoms with Crippen molar-refractivity contribution in [2.45, 2.75) is 12.6 Å². The molecule has 2 heterocycles. The Hall–Kier alpha value is -0.780. The molecule has 0 bridgehead atoms. The van der Waals surface area contributed by atoms with E-state index in [-0.39, 0.29) is 6.10 Å². The lowest BCUT2D eigenvalue weighted by molar-refractivity contribution is -0.0946. The molecule has 0 aromatic carbocycles. The molecule has 0 saturated carbocycles. The number of hydrogen-bond donors (Lipinski definition) is 1. The first-order chi connectivity index (χ1) is 6.75. The van der Waals surface area contributed by atoms with Crippen LogP contribution in [0.1, 0.15) is 0 Å². The van der Waals surface area contributed by atoms with E-state index in [4.69, 9.17) is 26.8 Å². The van der Waals surface area contributed by atoms with Gasteiger partial charge < -0.3 is 15.2 Å². The molecule has 78 valence electrons. The molecule has 1 fully saturated rings. The average Bonchev–Trinajstić information content (AvgIpc) is 2.47. The zero-order valence-electron chi connectivity index (χ0n) is 7.65. The minimum Gasteiger partial charge on any atom is -0.381 e. The fourth-order valence-corrected chi connectivity index (χ4v) is 1.51. The zero-order valence-corrected chi connectivity index (χ0v) is 8.41. The van der Waals surface area contributed by atoms with Gasteiger partial charge in [-0.2, -0.15) is 5.10 Å². The Morgan fingerprint density at radius 1 is 1.64 bits per heavy atom. The lowest BCUT2D eigenvalue weighted by Crippen LogP contribution is -2.32. The van der Waals surface area contributed by atoms with Crippen molar-refractivity contribution in [2.75, 3.05) is 25.6 Å². The van der Waals surface area contributed by atoms with Crippen molar-refractivity contribution in [3.63, 3.8) is 0 Å². The Bertz CT molecular complexity index is 290. The second-order valence-corrected chi connectivity index (χ2v) is 3.56. The lowest BCUT2D eigenvalue weighted by Gasteiger charge is -2.22. The molecule has 0 aliphatic carbocycles. The van der Waals surface area contributed by atoms with E-state index in [1.807, 2.05) is 0 Å². The van der Waals surface area contributed by atoms with Crippen molar-refractivity contribution in [1.82, 2.24) is 9.78 Å². The Balaban J connectivity index is 1.95. The lowest BCUT2D eigenvalue weighted by atomic mass is 10.3. The second-order valence-electron chi connectivity index (χ2n) is 3.15. The van der Waals surface area contributed by atoms with Gasteiger partial charge in [0.25, 0.3) is 0 Å². The highest BCUT2D eigenvalue weighted by molar-refractivity contribution is 6.32. The minimum absolute atomic E-state index is 0.0408. The van der Waals surface area contributed by atoms with Gasteiger partial charge in [0.15, 0.2) is 5.82 Å². The number of rotatable bonds is 2. The maximum Gasteiger partial charge on any atom is 0.164 e. The van der Waals surface area contributed by atoms with Crippen LogP contribution in [0.5, 0.6) is 0 Å². The third-order valence-corrected chi connectivity index (χ3v) is 2.31. The quantitative estimate of drug-likeness (QED) is 0.785. The Morgan fingerprint density at radius 2 is 2.50 bits per heavy atom. The normalized spacial score (nSPS) is 22.5. The number of halogens is 1. The van der Waals surface area contributed by atoms with E-state index >= 15 is 0 Å². The van der Waals surface area contributed by atoms with Crippen molar-refractivity contribution in [1.29, 1.82) is 0 Å². The first kappa shape index (κ1) is 9.76. The maximum absolute atomic E-state index is 5.77. The van der Waals surface area contributed by atoms with E-state index in [2.05, 4.69) is 5.10 Å². The van der Waals surface area contributed by atoms with Gasteiger partial charge in [-0.25, -0.2) is 0 Å². The van der Waals surface area contributed by atoms with Crippen LogP contribution >= 0.6 is 11.6 Å². The fraction of sp³-hybridized carbons (Fsp3) is 0.625. The van der Waals surface area contributed by atoms with E-state index in [0.29, 0.717) is 37.2 Å². The predicted molar refractivity (Wildman–Crippen MR) is 52.2 cm³/mol. The molecule has 6 heteroatoms. The molecule has 1 aromatic rings. The molecule has 0 spiro atoms. The molecule has 14 heavy (non-hydrogen) atoms. The van der Waals surface area contributed by atoms with E-state index in [9.17, 15) is 0 Å². The molecule has 1 aliphatic heterocycles. The number of anilines is 1. The first-order valence-corrected chi connectivity index (χ1v) is 4.81. The van der Waals surface area contributed by atoms with Crippen molar-refractivity contribution in [3.8, 4) is 0 Å². The Labute approximate surface area is 86.7 Å². The van der Waals surface area contributed by atoms with Crippen molar-refractivity contribution < 1.29 is 9.47 Å². The fourth-order valence-electron chi connectivity index (χ4n) is 1.36. The van der Waals surface area contributed by atoms with Crippen LogP contribution in [0.3, 0.4) is 0 Å². The minimum atomic E-state index is 0.0408. The monoisotopic (exact) mass is 217 g/mol. The Kier molecular flexibility index (Phi) is 2.90. The van der Waals surface area contributed by atoms with Crippen LogP contribution in [-0.2, 0) is 16.0 Å². The molecule has 1 unspecified atom stereocenters. The average molecular weight is 218 g/mol. The highest BCUT2D eigenvalue weighted by Crippen LogP contribution is 2.16. The topological polar surface area (TPSA) is 62.3 Å². The third-order valence-electron chi connectivity index (χ3n) is 2.02. The molecule has 0 radical (unpaired) electrons. The highest BCUT2D eigenvalue weighted by Gasteiger charge is 2.15. The molecule has 1 aromatic heterocycles. The molecular weight excluding hydrogens is 206 g/mol. The second kappa shape index (κ2) is 4.16. The zero-order chi connectivity index (χ0) is 9.97. The van der Waals surface area contributed by atoms with Gasteiger partial charge in [-0.15, -0.1) is 0 Å². The van der Waals surface area contributed by atoms with Crippen molar-refractivity contribution in [3.05, 3.63) is 11.2 Å². The number of nitrogen functional groups attached to an aromatic ring is 1. The summed E-state index contributed by atoms with van der Waals surface area (Å²) in [6, 6.07) is 0. The largest absolute Gasteiger partial charge is 0.381 e. The van der Waals surface area contributed by atoms with Crippen LogP contribution in [0.2, 0.25) is 5.02 Å².